The number of carbonyl (C=O) groups is 1. The van der Waals surface area contributed by atoms with E-state index in [1.165, 1.54) is 10.9 Å². The van der Waals surface area contributed by atoms with Crippen molar-refractivity contribution in [3.63, 3.8) is 0 Å². The van der Waals surface area contributed by atoms with Gasteiger partial charge in [0.1, 0.15) is 0 Å². The van der Waals surface area contributed by atoms with Crippen LogP contribution in [0.25, 0.3) is 17.0 Å². The highest BCUT2D eigenvalue weighted by molar-refractivity contribution is 5.92. The fraction of sp³-hybridized carbons (Fsp3) is 0.261. The minimum Gasteiger partial charge on any atom is -0.493 e. The Morgan fingerprint density at radius 2 is 1.96 bits per heavy atom. The Kier molecular flexibility index (Phi) is 5.06. The molecule has 1 aromatic heterocycles. The van der Waals surface area contributed by atoms with Gasteiger partial charge in [0.25, 0.3) is 0 Å². The number of carbonyl (C=O) groups excluding carboxylic acids is 1. The molecule has 1 amide bonds. The number of nitrogens with one attached hydrogen (secondary N) is 1. The average Bonchev–Trinajstić information content (AvgIpc) is 3.45. The predicted octanol–water partition coefficient (Wildman–Crippen LogP) is 4.39. The summed E-state index contributed by atoms with van der Waals surface area (Å²) >= 11 is 0. The quantitative estimate of drug-likeness (QED) is 0.622. The van der Waals surface area contributed by atoms with Gasteiger partial charge in [-0.25, -0.2) is 0 Å². The van der Waals surface area contributed by atoms with E-state index < -0.39 is 0 Å². The average molecular weight is 376 g/mol. The lowest BCUT2D eigenvalue weighted by atomic mass is 10.1. The number of aromatic amines is 1. The van der Waals surface area contributed by atoms with Gasteiger partial charge in [0.15, 0.2) is 11.5 Å². The van der Waals surface area contributed by atoms with Crippen LogP contribution < -0.4 is 9.47 Å². The summed E-state index contributed by atoms with van der Waals surface area (Å²) < 4.78 is 10.6. The zero-order valence-electron chi connectivity index (χ0n) is 16.1. The first kappa shape index (κ1) is 18.2. The SMILES string of the molecule is COc1ccc(/C=C/C(=O)N(Cc2cccc3[nH]ccc23)C2CC2)cc1OC. The first-order valence-corrected chi connectivity index (χ1v) is 9.45. The number of amides is 1. The number of H-pyrrole nitrogens is 1. The molecule has 2 aromatic carbocycles. The van der Waals surface area contributed by atoms with Crippen LogP contribution in [0.2, 0.25) is 0 Å². The van der Waals surface area contributed by atoms with Gasteiger partial charge in [0, 0.05) is 35.8 Å². The van der Waals surface area contributed by atoms with E-state index >= 15 is 0 Å². The molecule has 0 bridgehead atoms. The van der Waals surface area contributed by atoms with E-state index in [4.69, 9.17) is 9.47 Å². The maximum absolute atomic E-state index is 12.9. The van der Waals surface area contributed by atoms with E-state index in [1.807, 2.05) is 41.4 Å². The van der Waals surface area contributed by atoms with Gasteiger partial charge in [0.05, 0.1) is 14.2 Å². The van der Waals surface area contributed by atoms with Crippen LogP contribution in [0.4, 0.5) is 0 Å². The van der Waals surface area contributed by atoms with Crippen molar-refractivity contribution >= 4 is 22.9 Å². The topological polar surface area (TPSA) is 54.6 Å². The second kappa shape index (κ2) is 7.80. The molecule has 0 unspecified atom stereocenters. The van der Waals surface area contributed by atoms with Crippen molar-refractivity contribution in [2.75, 3.05) is 14.2 Å². The lowest BCUT2D eigenvalue weighted by Gasteiger charge is -2.21. The second-order valence-corrected chi connectivity index (χ2v) is 7.00. The zero-order valence-corrected chi connectivity index (χ0v) is 16.1. The number of rotatable bonds is 7. The third-order valence-electron chi connectivity index (χ3n) is 5.12. The summed E-state index contributed by atoms with van der Waals surface area (Å²) in [5.41, 5.74) is 3.16. The molecule has 1 fully saturated rings. The molecule has 3 aromatic rings. The fourth-order valence-electron chi connectivity index (χ4n) is 3.46. The monoisotopic (exact) mass is 376 g/mol. The van der Waals surface area contributed by atoms with E-state index in [-0.39, 0.29) is 5.91 Å². The Hall–Kier alpha value is -3.21. The third kappa shape index (κ3) is 3.74. The van der Waals surface area contributed by atoms with Gasteiger partial charge in [-0.05, 0) is 54.3 Å². The number of fused-ring (bicyclic) bond motifs is 1. The normalized spacial score (nSPS) is 13.8. The number of methoxy groups -OCH3 is 2. The van der Waals surface area contributed by atoms with Crippen LogP contribution in [0, 0.1) is 0 Å². The van der Waals surface area contributed by atoms with Crippen LogP contribution in [0.15, 0.2) is 54.7 Å². The molecule has 5 nitrogen and oxygen atoms in total. The first-order valence-electron chi connectivity index (χ1n) is 9.45. The molecule has 1 heterocycles. The summed E-state index contributed by atoms with van der Waals surface area (Å²) in [6.45, 7) is 0.620. The van der Waals surface area contributed by atoms with Gasteiger partial charge < -0.3 is 19.4 Å². The van der Waals surface area contributed by atoms with Crippen molar-refractivity contribution in [2.24, 2.45) is 0 Å². The number of hydrogen-bond acceptors (Lipinski definition) is 3. The Bertz CT molecular complexity index is 1020. The molecule has 28 heavy (non-hydrogen) atoms. The van der Waals surface area contributed by atoms with Crippen LogP contribution >= 0.6 is 0 Å². The van der Waals surface area contributed by atoms with Crippen LogP contribution in [-0.4, -0.2) is 36.1 Å². The molecule has 0 aliphatic heterocycles. The Morgan fingerprint density at radius 1 is 1.14 bits per heavy atom. The lowest BCUT2D eigenvalue weighted by molar-refractivity contribution is -0.127. The summed E-state index contributed by atoms with van der Waals surface area (Å²) in [4.78, 5) is 18.1. The highest BCUT2D eigenvalue weighted by atomic mass is 16.5. The van der Waals surface area contributed by atoms with Gasteiger partial charge >= 0.3 is 0 Å². The van der Waals surface area contributed by atoms with Crippen molar-refractivity contribution in [2.45, 2.75) is 25.4 Å². The van der Waals surface area contributed by atoms with Gasteiger partial charge in [-0.15, -0.1) is 0 Å². The number of hydrogen-bond donors (Lipinski definition) is 1. The van der Waals surface area contributed by atoms with Gasteiger partial charge in [-0.3, -0.25) is 4.79 Å². The molecule has 4 rings (SSSR count). The lowest BCUT2D eigenvalue weighted by Crippen LogP contribution is -2.31. The number of ether oxygens (including phenoxy) is 2. The van der Waals surface area contributed by atoms with Crippen LogP contribution in [0.1, 0.15) is 24.0 Å². The van der Waals surface area contributed by atoms with Crippen molar-refractivity contribution in [1.29, 1.82) is 0 Å². The maximum Gasteiger partial charge on any atom is 0.247 e. The smallest absolute Gasteiger partial charge is 0.247 e. The first-order chi connectivity index (χ1) is 13.7. The molecule has 1 saturated carbocycles. The van der Waals surface area contributed by atoms with Crippen molar-refractivity contribution in [1.82, 2.24) is 9.88 Å². The van der Waals surface area contributed by atoms with Crippen LogP contribution in [-0.2, 0) is 11.3 Å². The molecule has 144 valence electrons. The standard InChI is InChI=1S/C23H24N2O3/c1-27-21-10-6-16(14-22(21)28-2)7-11-23(26)25(18-8-9-18)15-17-4-3-5-20-19(17)12-13-24-20/h3-7,10-14,18,24H,8-9,15H2,1-2H3/b11-7+. The summed E-state index contributed by atoms with van der Waals surface area (Å²) in [6, 6.07) is 14.2. The minimum atomic E-state index is 0.0322. The number of aromatic nitrogens is 1. The summed E-state index contributed by atoms with van der Waals surface area (Å²) in [5.74, 6) is 1.35. The Morgan fingerprint density at radius 3 is 2.71 bits per heavy atom. The van der Waals surface area contributed by atoms with Gasteiger partial charge in [-0.1, -0.05) is 18.2 Å². The highest BCUT2D eigenvalue weighted by Gasteiger charge is 2.31. The summed E-state index contributed by atoms with van der Waals surface area (Å²) in [7, 11) is 3.21. The van der Waals surface area contributed by atoms with Gasteiger partial charge in [-0.2, -0.15) is 0 Å². The predicted molar refractivity (Wildman–Crippen MR) is 110 cm³/mol. The molecular weight excluding hydrogens is 352 g/mol. The van der Waals surface area contributed by atoms with Gasteiger partial charge in [0.2, 0.25) is 5.91 Å². The second-order valence-electron chi connectivity index (χ2n) is 7.00. The van der Waals surface area contributed by atoms with Crippen molar-refractivity contribution in [3.8, 4) is 11.5 Å². The van der Waals surface area contributed by atoms with E-state index in [9.17, 15) is 4.79 Å². The van der Waals surface area contributed by atoms with E-state index in [2.05, 4.69) is 23.2 Å². The highest BCUT2D eigenvalue weighted by Crippen LogP contribution is 2.31. The molecule has 5 heteroatoms. The number of nitrogens with zero attached hydrogens (tertiary/aromatic N) is 1. The zero-order chi connectivity index (χ0) is 19.5. The molecule has 0 spiro atoms. The maximum atomic E-state index is 12.9. The molecular formula is C23H24N2O3. The van der Waals surface area contributed by atoms with Crippen LogP contribution in [0.5, 0.6) is 11.5 Å². The van der Waals surface area contributed by atoms with E-state index in [0.29, 0.717) is 24.1 Å². The van der Waals surface area contributed by atoms with E-state index in [1.54, 1.807) is 20.3 Å². The van der Waals surface area contributed by atoms with E-state index in [0.717, 1.165) is 23.9 Å². The van der Waals surface area contributed by atoms with Crippen LogP contribution in [0.3, 0.4) is 0 Å². The molecule has 0 saturated heterocycles. The molecule has 1 aliphatic carbocycles. The third-order valence-corrected chi connectivity index (χ3v) is 5.12. The molecule has 1 N–H and O–H groups in total. The molecule has 1 aliphatic rings. The largest absolute Gasteiger partial charge is 0.493 e. The fourth-order valence-corrected chi connectivity index (χ4v) is 3.46. The molecule has 0 radical (unpaired) electrons. The summed E-state index contributed by atoms with van der Waals surface area (Å²) in [5, 5.41) is 1.17. The number of benzene rings is 2. The van der Waals surface area contributed by atoms with Crippen molar-refractivity contribution < 1.29 is 14.3 Å². The Labute approximate surface area is 164 Å². The Balaban J connectivity index is 1.53. The van der Waals surface area contributed by atoms with Crippen molar-refractivity contribution in [3.05, 3.63) is 65.9 Å². The minimum absolute atomic E-state index is 0.0322. The summed E-state index contributed by atoms with van der Waals surface area (Å²) in [6.07, 6.45) is 7.56. The molecule has 0 atom stereocenters.